The summed E-state index contributed by atoms with van der Waals surface area (Å²) >= 11 is 0. The van der Waals surface area contributed by atoms with Crippen molar-refractivity contribution >= 4 is 5.96 Å². The molecule has 1 aliphatic heterocycles. The maximum absolute atomic E-state index is 6.19. The van der Waals surface area contributed by atoms with Crippen molar-refractivity contribution < 1.29 is 14.2 Å². The second-order valence-corrected chi connectivity index (χ2v) is 7.69. The molecule has 1 aromatic rings. The summed E-state index contributed by atoms with van der Waals surface area (Å²) in [6, 6.07) is 6.32. The van der Waals surface area contributed by atoms with E-state index in [9.17, 15) is 0 Å². The molecule has 7 heteroatoms. The Labute approximate surface area is 175 Å². The number of ether oxygens (including phenoxy) is 3. The molecule has 29 heavy (non-hydrogen) atoms. The van der Waals surface area contributed by atoms with Crippen LogP contribution in [0, 0.1) is 6.92 Å². The molecular weight excluding hydrogens is 368 g/mol. The van der Waals surface area contributed by atoms with Gasteiger partial charge in [0, 0.05) is 45.3 Å². The molecule has 2 rings (SSSR count). The molecule has 0 radical (unpaired) electrons. The Balaban J connectivity index is 1.89. The second-order valence-electron chi connectivity index (χ2n) is 7.69. The number of rotatable bonds is 11. The molecule has 2 unspecified atom stereocenters. The summed E-state index contributed by atoms with van der Waals surface area (Å²) in [5, 5.41) is 6.78. The van der Waals surface area contributed by atoms with Gasteiger partial charge in [0.05, 0.1) is 19.3 Å². The van der Waals surface area contributed by atoms with E-state index in [0.717, 1.165) is 49.8 Å². The van der Waals surface area contributed by atoms with Crippen LogP contribution in [0.1, 0.15) is 30.9 Å². The third kappa shape index (κ3) is 8.60. The van der Waals surface area contributed by atoms with Crippen LogP contribution >= 0.6 is 0 Å². The van der Waals surface area contributed by atoms with E-state index in [1.807, 2.05) is 6.92 Å². The molecule has 0 aromatic heterocycles. The van der Waals surface area contributed by atoms with Crippen molar-refractivity contribution in [3.63, 3.8) is 0 Å². The Bertz CT molecular complexity index is 630. The highest BCUT2D eigenvalue weighted by Crippen LogP contribution is 2.23. The van der Waals surface area contributed by atoms with Gasteiger partial charge >= 0.3 is 0 Å². The third-order valence-electron chi connectivity index (χ3n) is 4.87. The molecule has 1 aromatic carbocycles. The van der Waals surface area contributed by atoms with E-state index in [-0.39, 0.29) is 12.2 Å². The summed E-state index contributed by atoms with van der Waals surface area (Å²) in [7, 11) is 5.94. The molecular formula is C22H38N4O3. The van der Waals surface area contributed by atoms with Gasteiger partial charge in [-0.15, -0.1) is 0 Å². The summed E-state index contributed by atoms with van der Waals surface area (Å²) in [5.41, 5.74) is 2.30. The number of benzene rings is 1. The number of aliphatic imine (C=N–C) groups is 1. The largest absolute Gasteiger partial charge is 0.488 e. The smallest absolute Gasteiger partial charge is 0.191 e. The van der Waals surface area contributed by atoms with Crippen molar-refractivity contribution in [1.29, 1.82) is 0 Å². The topological polar surface area (TPSA) is 67.4 Å². The Morgan fingerprint density at radius 1 is 1.34 bits per heavy atom. The van der Waals surface area contributed by atoms with Gasteiger partial charge in [0.1, 0.15) is 11.9 Å². The van der Waals surface area contributed by atoms with Gasteiger partial charge in [-0.2, -0.15) is 0 Å². The molecule has 0 aliphatic carbocycles. The fourth-order valence-corrected chi connectivity index (χ4v) is 3.20. The molecule has 0 spiro atoms. The predicted octanol–water partition coefficient (Wildman–Crippen LogP) is 2.18. The first kappa shape index (κ1) is 23.4. The predicted molar refractivity (Wildman–Crippen MR) is 118 cm³/mol. The van der Waals surface area contributed by atoms with Crippen molar-refractivity contribution in [3.8, 4) is 5.75 Å². The molecule has 0 bridgehead atoms. The number of nitrogens with one attached hydrogen (secondary N) is 2. The molecule has 2 N–H and O–H groups in total. The molecule has 0 saturated carbocycles. The molecule has 0 amide bonds. The first-order valence-electron chi connectivity index (χ1n) is 10.6. The lowest BCUT2D eigenvalue weighted by atomic mass is 10.1. The summed E-state index contributed by atoms with van der Waals surface area (Å²) in [6.07, 6.45) is 2.21. The maximum atomic E-state index is 6.19. The lowest BCUT2D eigenvalue weighted by Gasteiger charge is -2.22. The minimum absolute atomic E-state index is 0.136. The van der Waals surface area contributed by atoms with Gasteiger partial charge in [0.2, 0.25) is 0 Å². The van der Waals surface area contributed by atoms with E-state index < -0.39 is 0 Å². The van der Waals surface area contributed by atoms with Gasteiger partial charge in [-0.1, -0.05) is 12.1 Å². The highest BCUT2D eigenvalue weighted by atomic mass is 16.5. The van der Waals surface area contributed by atoms with Gasteiger partial charge in [-0.3, -0.25) is 4.99 Å². The van der Waals surface area contributed by atoms with Crippen molar-refractivity contribution in [2.24, 2.45) is 4.99 Å². The molecule has 164 valence electrons. The van der Waals surface area contributed by atoms with E-state index >= 15 is 0 Å². The van der Waals surface area contributed by atoms with Gasteiger partial charge in [-0.05, 0) is 46.0 Å². The normalized spacial score (nSPS) is 18.1. The zero-order valence-electron chi connectivity index (χ0n) is 18.7. The maximum Gasteiger partial charge on any atom is 0.191 e. The number of guanidine groups is 1. The standard InChI is InChI=1S/C22H38N4O3/c1-6-28-19(9-11-26(4)5)15-25-22(23-3)24-14-18-8-7-17(2)13-21(18)29-20-10-12-27-16-20/h7-8,13,19-20H,6,9-12,14-16H2,1-5H3,(H2,23,24,25). The lowest BCUT2D eigenvalue weighted by Crippen LogP contribution is -2.42. The van der Waals surface area contributed by atoms with Crippen LogP contribution in [0.4, 0.5) is 0 Å². The first-order valence-corrected chi connectivity index (χ1v) is 10.6. The van der Waals surface area contributed by atoms with Gasteiger partial charge < -0.3 is 29.7 Å². The van der Waals surface area contributed by atoms with Crippen LogP contribution in [0.3, 0.4) is 0 Å². The fraction of sp³-hybridized carbons (Fsp3) is 0.682. The van der Waals surface area contributed by atoms with Crippen molar-refractivity contribution in [3.05, 3.63) is 29.3 Å². The lowest BCUT2D eigenvalue weighted by molar-refractivity contribution is 0.0548. The zero-order valence-corrected chi connectivity index (χ0v) is 18.7. The van der Waals surface area contributed by atoms with E-state index in [1.54, 1.807) is 7.05 Å². The van der Waals surface area contributed by atoms with Crippen LogP contribution < -0.4 is 15.4 Å². The number of nitrogens with zero attached hydrogens (tertiary/aromatic N) is 2. The SMILES string of the molecule is CCOC(CCN(C)C)CNC(=NC)NCc1ccc(C)cc1OC1CCOC1. The van der Waals surface area contributed by atoms with Crippen molar-refractivity contribution in [1.82, 2.24) is 15.5 Å². The van der Waals surface area contributed by atoms with E-state index in [0.29, 0.717) is 19.8 Å². The van der Waals surface area contributed by atoms with Crippen LogP contribution in [-0.2, 0) is 16.0 Å². The fourth-order valence-electron chi connectivity index (χ4n) is 3.20. The Hall–Kier alpha value is -1.83. The van der Waals surface area contributed by atoms with Crippen LogP contribution in [0.15, 0.2) is 23.2 Å². The minimum atomic E-state index is 0.136. The molecule has 1 saturated heterocycles. The summed E-state index contributed by atoms with van der Waals surface area (Å²) in [5.74, 6) is 1.68. The molecule has 2 atom stereocenters. The van der Waals surface area contributed by atoms with Gasteiger partial charge in [0.15, 0.2) is 5.96 Å². The average molecular weight is 407 g/mol. The quantitative estimate of drug-likeness (QED) is 0.434. The number of aryl methyl sites for hydroxylation is 1. The highest BCUT2D eigenvalue weighted by Gasteiger charge is 2.19. The number of hydrogen-bond acceptors (Lipinski definition) is 5. The van der Waals surface area contributed by atoms with Crippen LogP contribution in [0.2, 0.25) is 0 Å². The molecule has 1 fully saturated rings. The van der Waals surface area contributed by atoms with Gasteiger partial charge in [-0.25, -0.2) is 0 Å². The van der Waals surface area contributed by atoms with E-state index in [1.165, 1.54) is 5.56 Å². The number of hydrogen-bond donors (Lipinski definition) is 2. The minimum Gasteiger partial charge on any atom is -0.488 e. The van der Waals surface area contributed by atoms with Crippen LogP contribution in [0.5, 0.6) is 5.75 Å². The second kappa shape index (κ2) is 12.7. The zero-order chi connectivity index (χ0) is 21.1. The Kier molecular flexibility index (Phi) is 10.2. The van der Waals surface area contributed by atoms with E-state index in [4.69, 9.17) is 14.2 Å². The first-order chi connectivity index (χ1) is 14.0. The molecule has 1 heterocycles. The Morgan fingerprint density at radius 2 is 2.17 bits per heavy atom. The van der Waals surface area contributed by atoms with Crippen molar-refractivity contribution in [2.75, 3.05) is 54.1 Å². The van der Waals surface area contributed by atoms with E-state index in [2.05, 4.69) is 59.7 Å². The summed E-state index contributed by atoms with van der Waals surface area (Å²) < 4.78 is 17.5. The summed E-state index contributed by atoms with van der Waals surface area (Å²) in [6.45, 7) is 8.61. The van der Waals surface area contributed by atoms with Crippen LogP contribution in [-0.4, -0.2) is 77.1 Å². The monoisotopic (exact) mass is 406 g/mol. The average Bonchev–Trinajstić information content (AvgIpc) is 3.20. The Morgan fingerprint density at radius 3 is 2.83 bits per heavy atom. The van der Waals surface area contributed by atoms with Gasteiger partial charge in [0.25, 0.3) is 0 Å². The highest BCUT2D eigenvalue weighted by molar-refractivity contribution is 5.79. The third-order valence-corrected chi connectivity index (χ3v) is 4.87. The molecule has 1 aliphatic rings. The van der Waals surface area contributed by atoms with Crippen LogP contribution in [0.25, 0.3) is 0 Å². The van der Waals surface area contributed by atoms with Crippen molar-refractivity contribution in [2.45, 2.75) is 45.4 Å². The molecule has 7 nitrogen and oxygen atoms in total. The summed E-state index contributed by atoms with van der Waals surface area (Å²) in [4.78, 5) is 6.52.